The molecule has 0 heterocycles. The van der Waals surface area contributed by atoms with Crippen molar-refractivity contribution in [2.45, 2.75) is 0 Å². The summed E-state index contributed by atoms with van der Waals surface area (Å²) in [6, 6.07) is 2.55. The monoisotopic (exact) mass is 256 g/mol. The Kier molecular flexibility index (Phi) is 4.19. The highest BCUT2D eigenvalue weighted by molar-refractivity contribution is 5.72. The quantitative estimate of drug-likeness (QED) is 0.511. The normalized spacial score (nSPS) is 9.78. The van der Waals surface area contributed by atoms with Crippen LogP contribution in [-0.4, -0.2) is 35.4 Å². The summed E-state index contributed by atoms with van der Waals surface area (Å²) < 4.78 is 9.83. The average Bonchev–Trinajstić information content (AvgIpc) is 2.28. The molecular weight excluding hydrogens is 244 g/mol. The van der Waals surface area contributed by atoms with E-state index in [9.17, 15) is 9.59 Å². The molecule has 1 rings (SSSR count). The molecule has 98 valence electrons. The molecule has 0 amide bonds. The van der Waals surface area contributed by atoms with Gasteiger partial charge in [0.25, 0.3) is 0 Å². The fourth-order valence-electron chi connectivity index (χ4n) is 1.10. The zero-order valence-corrected chi connectivity index (χ0v) is 9.25. The minimum absolute atomic E-state index is 0.0188. The topological polar surface area (TPSA) is 145 Å². The number of benzene rings is 1. The number of anilines is 2. The number of carboxylic acid groups (broad SMARTS) is 2. The first kappa shape index (κ1) is 13.4. The summed E-state index contributed by atoms with van der Waals surface area (Å²) in [4.78, 5) is 20.8. The number of carboxylic acids is 2. The third-order valence-electron chi connectivity index (χ3n) is 1.85. The predicted molar refractivity (Wildman–Crippen MR) is 61.5 cm³/mol. The van der Waals surface area contributed by atoms with Gasteiger partial charge in [-0.05, 0) is 0 Å². The Morgan fingerprint density at radius 2 is 1.28 bits per heavy atom. The molecule has 8 heteroatoms. The number of aliphatic carboxylic acids is 2. The van der Waals surface area contributed by atoms with Gasteiger partial charge in [-0.15, -0.1) is 0 Å². The van der Waals surface area contributed by atoms with Gasteiger partial charge in [-0.1, -0.05) is 0 Å². The summed E-state index contributed by atoms with van der Waals surface area (Å²) in [6.45, 7) is -1.21. The van der Waals surface area contributed by atoms with Crippen LogP contribution in [0.2, 0.25) is 0 Å². The second kappa shape index (κ2) is 5.62. The molecule has 1 aromatic rings. The minimum Gasteiger partial charge on any atom is -0.479 e. The van der Waals surface area contributed by atoms with E-state index in [4.69, 9.17) is 31.2 Å². The Morgan fingerprint density at radius 3 is 1.56 bits per heavy atom. The Balaban J connectivity index is 2.93. The van der Waals surface area contributed by atoms with Gasteiger partial charge in [0.05, 0.1) is 11.4 Å². The summed E-state index contributed by atoms with van der Waals surface area (Å²) in [5.41, 5.74) is 11.4. The van der Waals surface area contributed by atoms with Gasteiger partial charge >= 0.3 is 11.9 Å². The molecule has 18 heavy (non-hydrogen) atoms. The van der Waals surface area contributed by atoms with Gasteiger partial charge in [0.1, 0.15) is 0 Å². The molecule has 0 saturated carbocycles. The SMILES string of the molecule is Nc1cc(OCC(=O)O)c(OCC(=O)O)cc1N. The fraction of sp³-hybridized carbons (Fsp3) is 0.200. The molecule has 0 aliphatic rings. The van der Waals surface area contributed by atoms with E-state index in [0.717, 1.165) is 0 Å². The van der Waals surface area contributed by atoms with Crippen molar-refractivity contribution in [1.82, 2.24) is 0 Å². The van der Waals surface area contributed by atoms with Crippen molar-refractivity contribution in [1.29, 1.82) is 0 Å². The number of nitrogen functional groups attached to an aromatic ring is 2. The number of nitrogens with two attached hydrogens (primary N) is 2. The van der Waals surface area contributed by atoms with Crippen LogP contribution in [-0.2, 0) is 9.59 Å². The van der Waals surface area contributed by atoms with E-state index < -0.39 is 25.2 Å². The molecule has 0 radical (unpaired) electrons. The van der Waals surface area contributed by atoms with Gasteiger partial charge in [-0.25, -0.2) is 9.59 Å². The lowest BCUT2D eigenvalue weighted by molar-refractivity contribution is -0.140. The number of hydrogen-bond donors (Lipinski definition) is 4. The zero-order valence-electron chi connectivity index (χ0n) is 9.25. The van der Waals surface area contributed by atoms with Gasteiger partial charge in [-0.2, -0.15) is 0 Å². The molecule has 0 bridgehead atoms. The van der Waals surface area contributed by atoms with Crippen molar-refractivity contribution in [3.63, 3.8) is 0 Å². The van der Waals surface area contributed by atoms with E-state index in [-0.39, 0.29) is 22.9 Å². The van der Waals surface area contributed by atoms with Gasteiger partial charge in [-0.3, -0.25) is 0 Å². The Labute approximate surface area is 102 Å². The van der Waals surface area contributed by atoms with Crippen LogP contribution in [0.3, 0.4) is 0 Å². The third-order valence-corrected chi connectivity index (χ3v) is 1.85. The molecule has 0 aliphatic carbocycles. The van der Waals surface area contributed by atoms with Gasteiger partial charge < -0.3 is 31.2 Å². The summed E-state index contributed by atoms with van der Waals surface area (Å²) in [5, 5.41) is 17.0. The predicted octanol–water partition coefficient (Wildman–Crippen LogP) is -0.222. The maximum Gasteiger partial charge on any atom is 0.341 e. The van der Waals surface area contributed by atoms with Crippen LogP contribution in [0.5, 0.6) is 11.5 Å². The Hall–Kier alpha value is -2.64. The van der Waals surface area contributed by atoms with Gasteiger partial charge in [0.2, 0.25) is 0 Å². The lowest BCUT2D eigenvalue weighted by Gasteiger charge is -2.12. The highest BCUT2D eigenvalue weighted by Gasteiger charge is 2.12. The summed E-state index contributed by atoms with van der Waals surface area (Å²) in [6.07, 6.45) is 0. The van der Waals surface area contributed by atoms with Crippen LogP contribution >= 0.6 is 0 Å². The molecule has 8 nitrogen and oxygen atoms in total. The number of carbonyl (C=O) groups is 2. The van der Waals surface area contributed by atoms with E-state index in [1.165, 1.54) is 12.1 Å². The van der Waals surface area contributed by atoms with Gasteiger partial charge in [0.15, 0.2) is 24.7 Å². The lowest BCUT2D eigenvalue weighted by atomic mass is 10.2. The molecule has 0 saturated heterocycles. The first-order valence-electron chi connectivity index (χ1n) is 4.78. The first-order valence-corrected chi connectivity index (χ1v) is 4.78. The van der Waals surface area contributed by atoms with Crippen LogP contribution < -0.4 is 20.9 Å². The molecule has 0 aliphatic heterocycles. The standard InChI is InChI=1S/C10H12N2O6/c11-5-1-7(17-3-9(13)14)8(2-6(5)12)18-4-10(15)16/h1-2H,3-4,11-12H2,(H,13,14)(H,15,16). The highest BCUT2D eigenvalue weighted by Crippen LogP contribution is 2.33. The van der Waals surface area contributed by atoms with Crippen molar-refractivity contribution in [2.24, 2.45) is 0 Å². The van der Waals surface area contributed by atoms with Crippen LogP contribution in [0.15, 0.2) is 12.1 Å². The largest absolute Gasteiger partial charge is 0.479 e. The Bertz CT molecular complexity index is 431. The van der Waals surface area contributed by atoms with E-state index in [1.54, 1.807) is 0 Å². The van der Waals surface area contributed by atoms with E-state index >= 15 is 0 Å². The summed E-state index contributed by atoms with van der Waals surface area (Å²) in [5.74, 6) is -2.33. The van der Waals surface area contributed by atoms with Crippen molar-refractivity contribution in [3.8, 4) is 11.5 Å². The lowest BCUT2D eigenvalue weighted by Crippen LogP contribution is -2.13. The average molecular weight is 256 g/mol. The molecule has 1 aromatic carbocycles. The number of hydrogen-bond acceptors (Lipinski definition) is 6. The van der Waals surface area contributed by atoms with Crippen LogP contribution in [0.1, 0.15) is 0 Å². The van der Waals surface area contributed by atoms with E-state index in [0.29, 0.717) is 0 Å². The maximum atomic E-state index is 10.4. The van der Waals surface area contributed by atoms with Crippen LogP contribution in [0.4, 0.5) is 11.4 Å². The van der Waals surface area contributed by atoms with Gasteiger partial charge in [0, 0.05) is 12.1 Å². The zero-order chi connectivity index (χ0) is 13.7. The van der Waals surface area contributed by atoms with Crippen molar-refractivity contribution in [3.05, 3.63) is 12.1 Å². The van der Waals surface area contributed by atoms with Crippen LogP contribution in [0.25, 0.3) is 0 Å². The van der Waals surface area contributed by atoms with E-state index in [2.05, 4.69) is 0 Å². The molecule has 0 atom stereocenters. The molecule has 0 aromatic heterocycles. The molecular formula is C10H12N2O6. The number of ether oxygens (including phenoxy) is 2. The smallest absolute Gasteiger partial charge is 0.341 e. The van der Waals surface area contributed by atoms with Crippen LogP contribution in [0, 0.1) is 0 Å². The highest BCUT2D eigenvalue weighted by atomic mass is 16.5. The van der Waals surface area contributed by atoms with Crippen molar-refractivity contribution >= 4 is 23.3 Å². The fourth-order valence-corrected chi connectivity index (χ4v) is 1.10. The molecule has 0 spiro atoms. The molecule has 6 N–H and O–H groups in total. The minimum atomic E-state index is -1.19. The second-order valence-electron chi connectivity index (χ2n) is 3.29. The number of rotatable bonds is 6. The van der Waals surface area contributed by atoms with Crippen molar-refractivity contribution in [2.75, 3.05) is 24.7 Å². The summed E-state index contributed by atoms with van der Waals surface area (Å²) >= 11 is 0. The second-order valence-corrected chi connectivity index (χ2v) is 3.29. The van der Waals surface area contributed by atoms with E-state index in [1.807, 2.05) is 0 Å². The first-order chi connectivity index (χ1) is 8.40. The summed E-state index contributed by atoms with van der Waals surface area (Å²) in [7, 11) is 0. The van der Waals surface area contributed by atoms with Crippen molar-refractivity contribution < 1.29 is 29.3 Å². The molecule has 0 fully saturated rings. The molecule has 0 unspecified atom stereocenters. The Morgan fingerprint density at radius 1 is 0.944 bits per heavy atom. The third kappa shape index (κ3) is 3.74. The maximum absolute atomic E-state index is 10.4.